The van der Waals surface area contributed by atoms with Crippen LogP contribution in [0.15, 0.2) is 18.2 Å². The molecule has 46 heavy (non-hydrogen) atoms. The second-order valence-electron chi connectivity index (χ2n) is 12.3. The number of nitrogens with two attached hydrogens (primary N) is 2. The molecule has 1 saturated carbocycles. The normalized spacial score (nSPS) is 20.3. The van der Waals surface area contributed by atoms with Crippen molar-refractivity contribution in [2.45, 2.75) is 83.2 Å². The number of amides is 2. The number of anilines is 1. The Bertz CT molecular complexity index is 1510. The van der Waals surface area contributed by atoms with Gasteiger partial charge in [0.05, 0.1) is 17.8 Å². The molecule has 252 valence electrons. The third kappa shape index (κ3) is 7.79. The Morgan fingerprint density at radius 3 is 2.30 bits per heavy atom. The monoisotopic (exact) mass is 660 g/mol. The number of carbonyl (C=O) groups is 4. The molecule has 0 aliphatic heterocycles. The van der Waals surface area contributed by atoms with Gasteiger partial charge in [0.1, 0.15) is 6.04 Å². The summed E-state index contributed by atoms with van der Waals surface area (Å²) in [5.74, 6) is -6.66. The minimum absolute atomic E-state index is 0.0607. The van der Waals surface area contributed by atoms with Crippen LogP contribution in [0, 0.1) is 11.3 Å². The molecule has 1 aromatic heterocycles. The molecular weight excluding hydrogens is 626 g/mol. The van der Waals surface area contributed by atoms with Crippen molar-refractivity contribution in [1.29, 1.82) is 0 Å². The van der Waals surface area contributed by atoms with Crippen LogP contribution in [0.1, 0.15) is 73.3 Å². The van der Waals surface area contributed by atoms with E-state index < -0.39 is 60.3 Å². The fraction of sp³-hybridized carbons (Fsp3) is 0.552. The first-order chi connectivity index (χ1) is 21.3. The fourth-order valence-corrected chi connectivity index (χ4v) is 6.01. The Morgan fingerprint density at radius 1 is 1.09 bits per heavy atom. The molecule has 1 aromatic carbocycles. The van der Waals surface area contributed by atoms with Gasteiger partial charge in [0, 0.05) is 23.0 Å². The number of ether oxygens (including phenoxy) is 1. The van der Waals surface area contributed by atoms with Gasteiger partial charge < -0.3 is 26.8 Å². The minimum Gasteiger partial charge on any atom is -0.385 e. The summed E-state index contributed by atoms with van der Waals surface area (Å²) in [6.45, 7) is 3.35. The van der Waals surface area contributed by atoms with Crippen molar-refractivity contribution in [3.63, 3.8) is 0 Å². The van der Waals surface area contributed by atoms with Crippen LogP contribution in [0.2, 0.25) is 0 Å². The lowest BCUT2D eigenvalue weighted by molar-refractivity contribution is -0.203. The number of rotatable bonds is 8. The summed E-state index contributed by atoms with van der Waals surface area (Å²) >= 11 is 0. The van der Waals surface area contributed by atoms with Crippen LogP contribution in [0.4, 0.5) is 32.0 Å². The number of halogens is 6. The lowest BCUT2D eigenvalue weighted by Gasteiger charge is -2.34. The van der Waals surface area contributed by atoms with Crippen molar-refractivity contribution >= 4 is 29.4 Å². The predicted octanol–water partition coefficient (Wildman–Crippen LogP) is 3.55. The number of hydrogen-bond acceptors (Lipinski definition) is 8. The van der Waals surface area contributed by atoms with E-state index in [2.05, 4.69) is 20.5 Å². The van der Waals surface area contributed by atoms with Crippen molar-refractivity contribution in [3.8, 4) is 5.69 Å². The number of hydrogen-bond donors (Lipinski definition) is 4. The van der Waals surface area contributed by atoms with Gasteiger partial charge in [0.15, 0.2) is 5.69 Å². The molecule has 2 aromatic rings. The average molecular weight is 661 g/mol. The SMILES string of the molecule is CC1(C)CCc2c(C(F)(F)F)nn(-c3ccc(C(N)=O)c(NC4CCC(C(NC(=O)CN)C(=O)OC(=O)C(F)(F)F)CC4)c3)c2C1. The molecule has 1 atom stereocenters. The number of aromatic nitrogens is 2. The first-order valence-corrected chi connectivity index (χ1v) is 14.5. The summed E-state index contributed by atoms with van der Waals surface area (Å²) in [5, 5.41) is 9.34. The number of esters is 2. The molecule has 4 rings (SSSR count). The molecule has 1 unspecified atom stereocenters. The van der Waals surface area contributed by atoms with Gasteiger partial charge in [-0.05, 0) is 74.5 Å². The first-order valence-electron chi connectivity index (χ1n) is 14.5. The molecule has 2 aliphatic rings. The summed E-state index contributed by atoms with van der Waals surface area (Å²) < 4.78 is 85.0. The second kappa shape index (κ2) is 12.9. The Hall–Kier alpha value is -4.15. The van der Waals surface area contributed by atoms with Crippen LogP contribution < -0.4 is 22.1 Å². The Labute approximate surface area is 259 Å². The number of alkyl halides is 6. The number of carbonyl (C=O) groups excluding carboxylic acids is 4. The highest BCUT2D eigenvalue weighted by molar-refractivity contribution is 5.99. The molecule has 0 saturated heterocycles. The number of fused-ring (bicyclic) bond motifs is 1. The van der Waals surface area contributed by atoms with Crippen LogP contribution in [0.3, 0.4) is 0 Å². The maximum atomic E-state index is 13.9. The van der Waals surface area contributed by atoms with E-state index in [4.69, 9.17) is 11.5 Å². The van der Waals surface area contributed by atoms with Crippen molar-refractivity contribution in [1.82, 2.24) is 15.1 Å². The Kier molecular flexibility index (Phi) is 9.75. The topological polar surface area (TPSA) is 171 Å². The Morgan fingerprint density at radius 2 is 1.74 bits per heavy atom. The number of benzene rings is 1. The Balaban J connectivity index is 1.57. The van der Waals surface area contributed by atoms with Crippen molar-refractivity contribution < 1.29 is 50.3 Å². The van der Waals surface area contributed by atoms with Gasteiger partial charge in [-0.1, -0.05) is 13.8 Å². The molecular formula is C29H34F6N6O5. The summed E-state index contributed by atoms with van der Waals surface area (Å²) in [7, 11) is 0. The molecule has 0 radical (unpaired) electrons. The number of nitrogens with one attached hydrogen (secondary N) is 2. The van der Waals surface area contributed by atoms with Crippen molar-refractivity contribution in [2.24, 2.45) is 22.8 Å². The minimum atomic E-state index is -5.42. The molecule has 0 spiro atoms. The predicted molar refractivity (Wildman–Crippen MR) is 150 cm³/mol. The molecule has 11 nitrogen and oxygen atoms in total. The van der Waals surface area contributed by atoms with E-state index in [1.54, 1.807) is 0 Å². The molecule has 2 aliphatic carbocycles. The average Bonchev–Trinajstić information content (AvgIpc) is 3.33. The standard InChI is InChI=1S/C29H34F6N6O5/c1-27(2)10-9-18-20(12-27)41(40-23(18)28(30,31)32)16-7-8-17(24(37)43)19(11-16)38-15-5-3-14(4-6-15)22(39-21(42)13-36)25(44)46-26(45)29(33,34)35/h7-8,11,14-15,22,38H,3-6,9-10,12-13,36H2,1-2H3,(H2,37,43)(H,39,42). The van der Waals surface area contributed by atoms with E-state index >= 15 is 0 Å². The number of nitrogens with zero attached hydrogens (tertiary/aromatic N) is 2. The van der Waals surface area contributed by atoms with E-state index in [0.717, 1.165) is 0 Å². The van der Waals surface area contributed by atoms with Gasteiger partial charge >= 0.3 is 24.3 Å². The third-order valence-electron chi connectivity index (χ3n) is 8.35. The molecule has 6 N–H and O–H groups in total. The second-order valence-corrected chi connectivity index (χ2v) is 12.3. The first kappa shape index (κ1) is 34.7. The summed E-state index contributed by atoms with van der Waals surface area (Å²) in [6.07, 6.45) is -8.08. The summed E-state index contributed by atoms with van der Waals surface area (Å²) in [4.78, 5) is 47.9. The van der Waals surface area contributed by atoms with Gasteiger partial charge in [-0.15, -0.1) is 0 Å². The smallest absolute Gasteiger partial charge is 0.385 e. The van der Waals surface area contributed by atoms with Gasteiger partial charge in [0.2, 0.25) is 5.91 Å². The maximum absolute atomic E-state index is 13.9. The van der Waals surface area contributed by atoms with E-state index in [0.29, 0.717) is 18.5 Å². The fourth-order valence-electron chi connectivity index (χ4n) is 6.01. The van der Waals surface area contributed by atoms with Crippen molar-refractivity contribution in [3.05, 3.63) is 40.7 Å². The van der Waals surface area contributed by atoms with Crippen molar-refractivity contribution in [2.75, 3.05) is 11.9 Å². The van der Waals surface area contributed by atoms with Crippen LogP contribution in [-0.2, 0) is 38.1 Å². The highest BCUT2D eigenvalue weighted by Crippen LogP contribution is 2.42. The number of primary amides is 1. The maximum Gasteiger partial charge on any atom is 0.491 e. The lowest BCUT2D eigenvalue weighted by atomic mass is 9.76. The van der Waals surface area contributed by atoms with E-state index in [1.807, 2.05) is 13.8 Å². The zero-order valence-electron chi connectivity index (χ0n) is 25.0. The van der Waals surface area contributed by atoms with Crippen LogP contribution >= 0.6 is 0 Å². The zero-order chi connectivity index (χ0) is 34.2. The molecule has 0 bridgehead atoms. The zero-order valence-corrected chi connectivity index (χ0v) is 25.0. The van der Waals surface area contributed by atoms with Crippen LogP contribution in [-0.4, -0.2) is 58.3 Å². The molecule has 1 fully saturated rings. The summed E-state index contributed by atoms with van der Waals surface area (Å²) in [6, 6.07) is 2.36. The third-order valence-corrected chi connectivity index (χ3v) is 8.35. The molecule has 17 heteroatoms. The largest absolute Gasteiger partial charge is 0.491 e. The quantitative estimate of drug-likeness (QED) is 0.189. The van der Waals surface area contributed by atoms with E-state index in [-0.39, 0.29) is 66.1 Å². The van der Waals surface area contributed by atoms with Gasteiger partial charge in [-0.3, -0.25) is 9.59 Å². The van der Waals surface area contributed by atoms with Gasteiger partial charge in [-0.25, -0.2) is 14.3 Å². The van der Waals surface area contributed by atoms with Crippen LogP contribution in [0.25, 0.3) is 5.69 Å². The lowest BCUT2D eigenvalue weighted by Crippen LogP contribution is -2.51. The molecule has 1 heterocycles. The van der Waals surface area contributed by atoms with Crippen LogP contribution in [0.5, 0.6) is 0 Å². The summed E-state index contributed by atoms with van der Waals surface area (Å²) in [5.41, 5.74) is 10.7. The highest BCUT2D eigenvalue weighted by Gasteiger charge is 2.45. The van der Waals surface area contributed by atoms with Gasteiger partial charge in [-0.2, -0.15) is 31.4 Å². The van der Waals surface area contributed by atoms with E-state index in [1.165, 1.54) is 22.9 Å². The van der Waals surface area contributed by atoms with Gasteiger partial charge in [0.25, 0.3) is 5.91 Å². The molecule has 2 amide bonds. The highest BCUT2D eigenvalue weighted by atomic mass is 19.4. The van der Waals surface area contributed by atoms with E-state index in [9.17, 15) is 45.5 Å².